The molecule has 1 aromatic heterocycles. The maximum Gasteiger partial charge on any atom is 0.144 e. The first kappa shape index (κ1) is 63.2. The lowest BCUT2D eigenvalue weighted by Crippen LogP contribution is -2.29. The first-order valence-electron chi connectivity index (χ1n) is 34.0. The highest BCUT2D eigenvalue weighted by molar-refractivity contribution is 5.77. The van der Waals surface area contributed by atoms with Crippen molar-refractivity contribution in [2.75, 3.05) is 9.80 Å². The minimum atomic E-state index is -0.0330. The fraction of sp³-hybridized carbons (Fsp3) is 0.345. The van der Waals surface area contributed by atoms with Gasteiger partial charge in [-0.2, -0.15) is 0 Å². The van der Waals surface area contributed by atoms with E-state index in [4.69, 9.17) is 4.98 Å². The molecular formula is C84H98N6. The number of anilines is 2. The summed E-state index contributed by atoms with van der Waals surface area (Å²) in [6.07, 6.45) is 16.7. The number of aryl methyl sites for hydroxylation is 2. The van der Waals surface area contributed by atoms with Crippen molar-refractivity contribution >= 4 is 11.4 Å². The van der Waals surface area contributed by atoms with Crippen LogP contribution >= 0.6 is 0 Å². The van der Waals surface area contributed by atoms with E-state index in [2.05, 4.69) is 315 Å². The second kappa shape index (κ2) is 28.6. The fourth-order valence-corrected chi connectivity index (χ4v) is 13.8. The van der Waals surface area contributed by atoms with Gasteiger partial charge in [0.15, 0.2) is 0 Å². The SMILES string of the molecule is CC(C)c1cc(-c2ccccc2)cc(C(C)C)c1N1C=C(CCCCC2=CN(c3c(C(C)C)cc(-c4ccccc4)cc3C(C)C)C(c3ccc(CCCCCc4cn(-c5c(C(C)C)cccc5C(C)C)c(-c5ccccc5)n4)cc3)N2)NC1c1ccccc1. The highest BCUT2D eigenvalue weighted by Crippen LogP contribution is 2.47. The van der Waals surface area contributed by atoms with Gasteiger partial charge in [0.05, 0.1) is 11.4 Å². The van der Waals surface area contributed by atoms with E-state index >= 15 is 0 Å². The lowest BCUT2D eigenvalue weighted by Gasteiger charge is -2.33. The standard InChI is InChI=1S/C84H98N6/c1-56(2)73-43-30-44-74(57(3)4)79(73)88-53-70(85-82(88)65-36-23-16-24-37-65)40-27-13-18-31-62-45-47-67(48-46-62)84-87-72(55-90(84)81-77(60(9)10)51-69(52-78(81)61(11)12)64-34-21-15-22-35-64)42-29-28-41-71-54-89(83(86-71)66-38-25-17-26-39-66)80-75(58(5)6)49-68(50-76(80)59(7)8)63-32-19-14-20-33-63/h14-17,19-26,30,32-39,43-61,83-84,86-87H,13,18,27-29,31,40-42H2,1-12H3. The summed E-state index contributed by atoms with van der Waals surface area (Å²) < 4.78 is 2.40. The molecule has 0 radical (unpaired) electrons. The highest BCUT2D eigenvalue weighted by atomic mass is 15.3. The number of nitrogens with one attached hydrogen (secondary N) is 2. The van der Waals surface area contributed by atoms with Crippen LogP contribution in [0.5, 0.6) is 0 Å². The van der Waals surface area contributed by atoms with Crippen molar-refractivity contribution in [3.8, 4) is 39.3 Å². The van der Waals surface area contributed by atoms with Crippen molar-refractivity contribution in [2.24, 2.45) is 0 Å². The summed E-state index contributed by atoms with van der Waals surface area (Å²) >= 11 is 0. The zero-order valence-electron chi connectivity index (χ0n) is 55.9. The number of aromatic nitrogens is 2. The van der Waals surface area contributed by atoms with Gasteiger partial charge in [-0.25, -0.2) is 4.98 Å². The van der Waals surface area contributed by atoms with Crippen LogP contribution in [0.4, 0.5) is 11.4 Å². The van der Waals surface area contributed by atoms with Crippen LogP contribution in [0, 0.1) is 0 Å². The van der Waals surface area contributed by atoms with Gasteiger partial charge in [-0.05, 0) is 183 Å². The molecule has 0 saturated heterocycles. The van der Waals surface area contributed by atoms with Gasteiger partial charge in [0.2, 0.25) is 0 Å². The van der Waals surface area contributed by atoms with Crippen LogP contribution in [0.15, 0.2) is 218 Å². The largest absolute Gasteiger partial charge is 0.363 e. The van der Waals surface area contributed by atoms with Crippen molar-refractivity contribution in [1.29, 1.82) is 0 Å². The van der Waals surface area contributed by atoms with Crippen molar-refractivity contribution in [2.45, 2.75) is 189 Å². The smallest absolute Gasteiger partial charge is 0.144 e. The Morgan fingerprint density at radius 3 is 1.14 bits per heavy atom. The zero-order chi connectivity index (χ0) is 63.0. The molecule has 2 N–H and O–H groups in total. The number of imidazole rings is 1. The van der Waals surface area contributed by atoms with Crippen LogP contribution in [0.1, 0.15) is 232 Å². The molecule has 2 aliphatic heterocycles. The maximum absolute atomic E-state index is 5.37. The van der Waals surface area contributed by atoms with Crippen molar-refractivity contribution in [3.05, 3.63) is 274 Å². The molecule has 2 unspecified atom stereocenters. The van der Waals surface area contributed by atoms with E-state index in [-0.39, 0.29) is 12.3 Å². The average Bonchev–Trinajstić information content (AvgIpc) is 1.83. The van der Waals surface area contributed by atoms with Gasteiger partial charge in [-0.1, -0.05) is 253 Å². The molecule has 464 valence electrons. The van der Waals surface area contributed by atoms with E-state index in [1.54, 1.807) is 0 Å². The van der Waals surface area contributed by atoms with Crippen LogP contribution in [-0.2, 0) is 12.8 Å². The third kappa shape index (κ3) is 14.1. The summed E-state index contributed by atoms with van der Waals surface area (Å²) in [5.41, 5.74) is 26.2. The van der Waals surface area contributed by atoms with E-state index < -0.39 is 0 Å². The first-order valence-corrected chi connectivity index (χ1v) is 34.0. The number of nitrogens with zero attached hydrogens (tertiary/aromatic N) is 4. The molecule has 0 amide bonds. The number of unbranched alkanes of at least 4 members (excludes halogenated alkanes) is 3. The van der Waals surface area contributed by atoms with E-state index in [1.165, 1.54) is 101 Å². The summed E-state index contributed by atoms with van der Waals surface area (Å²) in [5, 5.41) is 8.22. The van der Waals surface area contributed by atoms with E-state index in [0.717, 1.165) is 74.9 Å². The Balaban J connectivity index is 0.816. The number of benzene rings is 8. The molecule has 2 aliphatic rings. The van der Waals surface area contributed by atoms with Crippen molar-refractivity contribution in [3.63, 3.8) is 0 Å². The summed E-state index contributed by atoms with van der Waals surface area (Å²) in [4.78, 5) is 10.5. The Morgan fingerprint density at radius 2 is 0.722 bits per heavy atom. The monoisotopic (exact) mass is 1190 g/mol. The molecule has 90 heavy (non-hydrogen) atoms. The molecule has 0 saturated carbocycles. The molecule has 2 atom stereocenters. The molecule has 6 heteroatoms. The Hall–Kier alpha value is -8.35. The normalized spacial score (nSPS) is 15.0. The van der Waals surface area contributed by atoms with Gasteiger partial charge < -0.3 is 20.4 Å². The third-order valence-corrected chi connectivity index (χ3v) is 18.7. The molecule has 0 aliphatic carbocycles. The van der Waals surface area contributed by atoms with E-state index in [1.807, 2.05) is 0 Å². The molecule has 8 aromatic carbocycles. The number of para-hydroxylation sites is 1. The molecule has 6 nitrogen and oxygen atoms in total. The van der Waals surface area contributed by atoms with Crippen molar-refractivity contribution in [1.82, 2.24) is 20.2 Å². The van der Waals surface area contributed by atoms with Gasteiger partial charge in [0.25, 0.3) is 0 Å². The lowest BCUT2D eigenvalue weighted by molar-refractivity contribution is 0.595. The molecular weight excluding hydrogens is 1090 g/mol. The minimum absolute atomic E-state index is 0.00505. The molecule has 9 aromatic rings. The van der Waals surface area contributed by atoms with Crippen LogP contribution in [0.25, 0.3) is 39.3 Å². The second-order valence-electron chi connectivity index (χ2n) is 27.4. The first-order chi connectivity index (χ1) is 43.6. The Labute approximate surface area is 540 Å². The molecule has 0 spiro atoms. The highest BCUT2D eigenvalue weighted by Gasteiger charge is 2.34. The van der Waals surface area contributed by atoms with Crippen LogP contribution in [-0.4, -0.2) is 9.55 Å². The maximum atomic E-state index is 5.37. The van der Waals surface area contributed by atoms with Gasteiger partial charge in [0.1, 0.15) is 18.2 Å². The Morgan fingerprint density at radius 1 is 0.344 bits per heavy atom. The fourth-order valence-electron chi connectivity index (χ4n) is 13.8. The lowest BCUT2D eigenvalue weighted by atomic mass is 9.87. The van der Waals surface area contributed by atoms with Crippen LogP contribution < -0.4 is 20.4 Å². The predicted molar refractivity (Wildman–Crippen MR) is 383 cm³/mol. The zero-order valence-corrected chi connectivity index (χ0v) is 55.9. The summed E-state index contributed by atoms with van der Waals surface area (Å²) in [6.45, 7) is 28.1. The summed E-state index contributed by atoms with van der Waals surface area (Å²) in [7, 11) is 0. The number of hydrogen-bond acceptors (Lipinski definition) is 5. The van der Waals surface area contributed by atoms with Crippen LogP contribution in [0.3, 0.4) is 0 Å². The summed E-state index contributed by atoms with van der Waals surface area (Å²) in [5.74, 6) is 3.16. The predicted octanol–water partition coefficient (Wildman–Crippen LogP) is 22.7. The van der Waals surface area contributed by atoms with Crippen LogP contribution in [0.2, 0.25) is 0 Å². The van der Waals surface area contributed by atoms with Gasteiger partial charge in [0, 0.05) is 46.9 Å². The molecule has 0 fully saturated rings. The third-order valence-electron chi connectivity index (χ3n) is 18.7. The summed E-state index contributed by atoms with van der Waals surface area (Å²) in [6, 6.07) is 69.9. The minimum Gasteiger partial charge on any atom is -0.363 e. The molecule has 11 rings (SSSR count). The van der Waals surface area contributed by atoms with Gasteiger partial charge >= 0.3 is 0 Å². The van der Waals surface area contributed by atoms with Gasteiger partial charge in [-0.15, -0.1) is 0 Å². The average molecular weight is 1190 g/mol. The van der Waals surface area contributed by atoms with Crippen molar-refractivity contribution < 1.29 is 0 Å². The number of allylic oxidation sites excluding steroid dienone is 2. The second-order valence-corrected chi connectivity index (χ2v) is 27.4. The van der Waals surface area contributed by atoms with E-state index in [9.17, 15) is 0 Å². The quantitative estimate of drug-likeness (QED) is 0.0559. The number of hydrogen-bond donors (Lipinski definition) is 2. The molecule has 3 heterocycles. The van der Waals surface area contributed by atoms with E-state index in [0.29, 0.717) is 35.5 Å². The number of rotatable bonds is 25. The molecule has 0 bridgehead atoms. The topological polar surface area (TPSA) is 48.4 Å². The van der Waals surface area contributed by atoms with Gasteiger partial charge in [-0.3, -0.25) is 4.57 Å². The Bertz CT molecular complexity index is 3800. The Kier molecular flexibility index (Phi) is 20.1.